The quantitative estimate of drug-likeness (QED) is 0.178. The van der Waals surface area contributed by atoms with Crippen LogP contribution in [-0.4, -0.2) is 34.0 Å². The summed E-state index contributed by atoms with van der Waals surface area (Å²) < 4.78 is 0. The number of aromatic carboxylic acids is 2. The maximum absolute atomic E-state index is 13.0. The molecule has 8 nitrogen and oxygen atoms in total. The van der Waals surface area contributed by atoms with Crippen molar-refractivity contribution in [2.24, 2.45) is 0 Å². The van der Waals surface area contributed by atoms with Gasteiger partial charge >= 0.3 is 11.9 Å². The Hall–Kier alpha value is -4.54. The lowest BCUT2D eigenvalue weighted by Crippen LogP contribution is -2.15. The Morgan fingerprint density at radius 1 is 0.474 bits per heavy atom. The fourth-order valence-corrected chi connectivity index (χ4v) is 5.84. The SMILES string of the molecule is O=C(O)c1ccccc1NC(=O)c1ccccc1SSc1ccccc1C(=O)Nc1ccccc1C(=O)O. The van der Waals surface area contributed by atoms with Crippen molar-refractivity contribution in [1.29, 1.82) is 0 Å². The molecule has 0 unspecified atom stereocenters. The van der Waals surface area contributed by atoms with Crippen molar-refractivity contribution < 1.29 is 29.4 Å². The van der Waals surface area contributed by atoms with Gasteiger partial charge in [0, 0.05) is 9.79 Å². The Labute approximate surface area is 225 Å². The van der Waals surface area contributed by atoms with Gasteiger partial charge in [-0.1, -0.05) is 70.1 Å². The Bertz CT molecular complexity index is 1420. The molecule has 4 aromatic rings. The minimum atomic E-state index is -1.15. The number of rotatable bonds is 9. The van der Waals surface area contributed by atoms with E-state index in [4.69, 9.17) is 0 Å². The van der Waals surface area contributed by atoms with Gasteiger partial charge in [-0.15, -0.1) is 0 Å². The second-order valence-electron chi connectivity index (χ2n) is 7.77. The Morgan fingerprint density at radius 2 is 0.789 bits per heavy atom. The summed E-state index contributed by atoms with van der Waals surface area (Å²) in [6.07, 6.45) is 0. The average molecular weight is 545 g/mol. The first kappa shape index (κ1) is 26.5. The van der Waals surface area contributed by atoms with Crippen LogP contribution in [0.1, 0.15) is 41.4 Å². The maximum Gasteiger partial charge on any atom is 0.337 e. The predicted molar refractivity (Wildman–Crippen MR) is 147 cm³/mol. The van der Waals surface area contributed by atoms with Crippen molar-refractivity contribution in [3.05, 3.63) is 119 Å². The van der Waals surface area contributed by atoms with Gasteiger partial charge in [0.15, 0.2) is 0 Å². The van der Waals surface area contributed by atoms with Crippen LogP contribution in [0, 0.1) is 0 Å². The molecule has 0 saturated carbocycles. The molecule has 0 heterocycles. The topological polar surface area (TPSA) is 133 Å². The summed E-state index contributed by atoms with van der Waals surface area (Å²) in [5.74, 6) is -3.25. The number of carboxylic acid groups (broad SMARTS) is 2. The van der Waals surface area contributed by atoms with Crippen LogP contribution in [0.4, 0.5) is 11.4 Å². The maximum atomic E-state index is 13.0. The van der Waals surface area contributed by atoms with Gasteiger partial charge in [0.25, 0.3) is 11.8 Å². The van der Waals surface area contributed by atoms with Crippen molar-refractivity contribution in [2.75, 3.05) is 10.6 Å². The number of amides is 2. The number of carbonyl (C=O) groups is 4. The molecule has 0 spiro atoms. The van der Waals surface area contributed by atoms with Gasteiger partial charge in [0.05, 0.1) is 33.6 Å². The largest absolute Gasteiger partial charge is 0.478 e. The molecule has 2 amide bonds. The van der Waals surface area contributed by atoms with E-state index in [2.05, 4.69) is 10.6 Å². The van der Waals surface area contributed by atoms with E-state index in [1.54, 1.807) is 72.8 Å². The molecule has 0 saturated heterocycles. The third-order valence-corrected chi connectivity index (χ3v) is 7.78. The summed E-state index contributed by atoms with van der Waals surface area (Å²) >= 11 is 0. The molecular formula is C28H20N2O6S2. The van der Waals surface area contributed by atoms with Crippen molar-refractivity contribution in [3.63, 3.8) is 0 Å². The highest BCUT2D eigenvalue weighted by Gasteiger charge is 2.19. The zero-order chi connectivity index (χ0) is 27.1. The second-order valence-corrected chi connectivity index (χ2v) is 9.98. The third-order valence-electron chi connectivity index (χ3n) is 5.30. The Morgan fingerprint density at radius 3 is 1.16 bits per heavy atom. The van der Waals surface area contributed by atoms with E-state index in [9.17, 15) is 29.4 Å². The lowest BCUT2D eigenvalue weighted by atomic mass is 10.1. The van der Waals surface area contributed by atoms with Crippen molar-refractivity contribution in [1.82, 2.24) is 0 Å². The van der Waals surface area contributed by atoms with Crippen LogP contribution in [0.5, 0.6) is 0 Å². The van der Waals surface area contributed by atoms with Crippen LogP contribution in [0.15, 0.2) is 107 Å². The minimum absolute atomic E-state index is 0.0234. The Balaban J connectivity index is 1.53. The van der Waals surface area contributed by atoms with E-state index in [-0.39, 0.29) is 22.5 Å². The van der Waals surface area contributed by atoms with Crippen molar-refractivity contribution >= 4 is 56.7 Å². The molecule has 4 aromatic carbocycles. The highest BCUT2D eigenvalue weighted by molar-refractivity contribution is 8.76. The average Bonchev–Trinajstić information content (AvgIpc) is 2.92. The van der Waals surface area contributed by atoms with Crippen molar-refractivity contribution in [3.8, 4) is 0 Å². The van der Waals surface area contributed by atoms with E-state index < -0.39 is 23.8 Å². The number of nitrogens with one attached hydrogen (secondary N) is 2. The van der Waals surface area contributed by atoms with Crippen LogP contribution >= 0.6 is 21.6 Å². The van der Waals surface area contributed by atoms with E-state index in [0.29, 0.717) is 20.9 Å². The van der Waals surface area contributed by atoms with Gasteiger partial charge in [-0.05, 0) is 48.5 Å². The summed E-state index contributed by atoms with van der Waals surface area (Å²) in [6, 6.07) is 26.0. The predicted octanol–water partition coefficient (Wildman–Crippen LogP) is 6.39. The number of hydrogen-bond acceptors (Lipinski definition) is 6. The van der Waals surface area contributed by atoms with Gasteiger partial charge in [-0.2, -0.15) is 0 Å². The first-order valence-corrected chi connectivity index (χ1v) is 13.3. The van der Waals surface area contributed by atoms with Crippen LogP contribution < -0.4 is 10.6 Å². The zero-order valence-corrected chi connectivity index (χ0v) is 21.2. The molecule has 190 valence electrons. The van der Waals surface area contributed by atoms with Gasteiger partial charge in [-0.25, -0.2) is 9.59 Å². The summed E-state index contributed by atoms with van der Waals surface area (Å²) in [7, 11) is 2.52. The summed E-state index contributed by atoms with van der Waals surface area (Å²) in [6.45, 7) is 0. The first-order valence-electron chi connectivity index (χ1n) is 11.1. The third kappa shape index (κ3) is 6.23. The molecule has 38 heavy (non-hydrogen) atoms. The smallest absolute Gasteiger partial charge is 0.337 e. The van der Waals surface area contributed by atoms with E-state index in [1.165, 1.54) is 45.9 Å². The van der Waals surface area contributed by atoms with Crippen LogP contribution in [0.3, 0.4) is 0 Å². The summed E-state index contributed by atoms with van der Waals surface area (Å²) in [5.41, 5.74) is 0.988. The number of para-hydroxylation sites is 2. The first-order chi connectivity index (χ1) is 18.3. The molecular weight excluding hydrogens is 524 g/mol. The fraction of sp³-hybridized carbons (Fsp3) is 0. The molecule has 4 rings (SSSR count). The Kier molecular flexibility index (Phi) is 8.47. The zero-order valence-electron chi connectivity index (χ0n) is 19.6. The van der Waals surface area contributed by atoms with Gasteiger partial charge in [-0.3, -0.25) is 9.59 Å². The molecule has 0 radical (unpaired) electrons. The normalized spacial score (nSPS) is 10.4. The van der Waals surface area contributed by atoms with Gasteiger partial charge in [0.1, 0.15) is 0 Å². The van der Waals surface area contributed by atoms with Crippen LogP contribution in [0.25, 0.3) is 0 Å². The molecule has 0 bridgehead atoms. The van der Waals surface area contributed by atoms with E-state index >= 15 is 0 Å². The molecule has 0 atom stereocenters. The lowest BCUT2D eigenvalue weighted by molar-refractivity contribution is 0.0687. The van der Waals surface area contributed by atoms with Crippen molar-refractivity contribution in [2.45, 2.75) is 9.79 Å². The molecule has 0 aliphatic rings. The summed E-state index contributed by atoms with van der Waals surface area (Å²) in [5, 5.41) is 24.1. The molecule has 0 aromatic heterocycles. The number of carboxylic acids is 2. The summed E-state index contributed by atoms with van der Waals surface area (Å²) in [4.78, 5) is 50.3. The lowest BCUT2D eigenvalue weighted by Gasteiger charge is -2.13. The molecule has 0 aliphatic heterocycles. The molecule has 0 aliphatic carbocycles. The van der Waals surface area contributed by atoms with E-state index in [1.807, 2.05) is 0 Å². The number of anilines is 2. The van der Waals surface area contributed by atoms with E-state index in [0.717, 1.165) is 0 Å². The fourth-order valence-electron chi connectivity index (χ4n) is 3.48. The molecule has 4 N–H and O–H groups in total. The second kappa shape index (κ2) is 12.1. The van der Waals surface area contributed by atoms with Gasteiger partial charge in [0.2, 0.25) is 0 Å². The number of benzene rings is 4. The highest BCUT2D eigenvalue weighted by atomic mass is 33.1. The molecule has 10 heteroatoms. The van der Waals surface area contributed by atoms with Gasteiger partial charge < -0.3 is 20.8 Å². The monoisotopic (exact) mass is 544 g/mol. The highest BCUT2D eigenvalue weighted by Crippen LogP contribution is 2.41. The molecule has 0 fully saturated rings. The number of carbonyl (C=O) groups excluding carboxylic acids is 2. The number of hydrogen-bond donors (Lipinski definition) is 4. The standard InChI is InChI=1S/C28H20N2O6S2/c31-25(29-21-13-5-1-9-17(21)27(33)34)19-11-3-7-15-23(19)37-38-24-16-8-4-12-20(24)26(32)30-22-14-6-2-10-18(22)28(35)36/h1-16H,(H,29,31)(H,30,32)(H,33,34)(H,35,36). The van der Waals surface area contributed by atoms with Crippen LogP contribution in [0.2, 0.25) is 0 Å². The van der Waals surface area contributed by atoms with Crippen LogP contribution in [-0.2, 0) is 0 Å². The minimum Gasteiger partial charge on any atom is -0.478 e.